The van der Waals surface area contributed by atoms with E-state index in [1.54, 1.807) is 17.0 Å². The average molecular weight is 331 g/mol. The molecule has 125 valence electrons. The minimum absolute atomic E-state index is 0.108. The standard InChI is InChI=1S/C20H20BN2O2/c1-2-25-19-11-7-6-10-17(19)14-18(16-8-4-3-5-9-16)21-20-22-12-13-23(20)15-24/h3-14,24H,2,15H2,1H3. The summed E-state index contributed by atoms with van der Waals surface area (Å²) in [5.74, 6) is 0.845. The summed E-state index contributed by atoms with van der Waals surface area (Å²) in [6.07, 6.45) is 5.51. The molecule has 1 N–H and O–H groups in total. The summed E-state index contributed by atoms with van der Waals surface area (Å²) in [6.45, 7) is 2.48. The number of benzene rings is 2. The van der Waals surface area contributed by atoms with Crippen LogP contribution in [0.4, 0.5) is 0 Å². The molecule has 0 saturated carbocycles. The fourth-order valence-corrected chi connectivity index (χ4v) is 2.61. The topological polar surface area (TPSA) is 47.3 Å². The van der Waals surface area contributed by atoms with Gasteiger partial charge in [0.05, 0.1) is 12.3 Å². The first kappa shape index (κ1) is 17.1. The number of imidazole rings is 1. The number of hydrogen-bond acceptors (Lipinski definition) is 3. The summed E-state index contributed by atoms with van der Waals surface area (Å²) >= 11 is 0. The van der Waals surface area contributed by atoms with Gasteiger partial charge >= 0.3 is 0 Å². The maximum atomic E-state index is 9.46. The molecule has 5 heteroatoms. The summed E-state index contributed by atoms with van der Waals surface area (Å²) in [4.78, 5) is 4.33. The van der Waals surface area contributed by atoms with Crippen molar-refractivity contribution in [3.05, 3.63) is 78.1 Å². The summed E-state index contributed by atoms with van der Waals surface area (Å²) in [6, 6.07) is 18.1. The highest BCUT2D eigenvalue weighted by atomic mass is 16.5. The van der Waals surface area contributed by atoms with Crippen LogP contribution in [0.5, 0.6) is 5.75 Å². The Balaban J connectivity index is 2.03. The van der Waals surface area contributed by atoms with Crippen LogP contribution in [-0.4, -0.2) is 28.5 Å². The lowest BCUT2D eigenvalue weighted by atomic mass is 9.65. The zero-order valence-electron chi connectivity index (χ0n) is 14.2. The number of ether oxygens (including phenoxy) is 1. The van der Waals surface area contributed by atoms with E-state index in [1.807, 2.05) is 56.7 Å². The first-order valence-corrected chi connectivity index (χ1v) is 8.27. The highest BCUT2D eigenvalue weighted by Gasteiger charge is 2.11. The monoisotopic (exact) mass is 331 g/mol. The van der Waals surface area contributed by atoms with Crippen LogP contribution in [0.2, 0.25) is 0 Å². The molecule has 3 rings (SSSR count). The van der Waals surface area contributed by atoms with Crippen molar-refractivity contribution in [2.24, 2.45) is 0 Å². The van der Waals surface area contributed by atoms with Gasteiger partial charge in [0.2, 0.25) is 7.28 Å². The molecule has 0 saturated heterocycles. The zero-order chi connectivity index (χ0) is 17.5. The van der Waals surface area contributed by atoms with Crippen LogP contribution < -0.4 is 10.5 Å². The van der Waals surface area contributed by atoms with E-state index in [2.05, 4.69) is 23.2 Å². The van der Waals surface area contributed by atoms with Crippen molar-refractivity contribution in [3.63, 3.8) is 0 Å². The average Bonchev–Trinajstić information content (AvgIpc) is 3.11. The fourth-order valence-electron chi connectivity index (χ4n) is 2.61. The third kappa shape index (κ3) is 4.19. The predicted molar refractivity (Wildman–Crippen MR) is 102 cm³/mol. The molecule has 0 unspecified atom stereocenters. The van der Waals surface area contributed by atoms with Gasteiger partial charge in [-0.3, -0.25) is 4.98 Å². The van der Waals surface area contributed by atoms with Gasteiger partial charge in [0.15, 0.2) is 0 Å². The van der Waals surface area contributed by atoms with E-state index in [9.17, 15) is 5.11 Å². The van der Waals surface area contributed by atoms with E-state index < -0.39 is 0 Å². The Morgan fingerprint density at radius 3 is 2.68 bits per heavy atom. The molecule has 25 heavy (non-hydrogen) atoms. The quantitative estimate of drug-likeness (QED) is 0.535. The largest absolute Gasteiger partial charge is 0.493 e. The van der Waals surface area contributed by atoms with E-state index >= 15 is 0 Å². The normalized spacial score (nSPS) is 11.4. The summed E-state index contributed by atoms with van der Waals surface area (Å²) in [7, 11) is 1.97. The fraction of sp³-hybridized carbons (Fsp3) is 0.150. The zero-order valence-corrected chi connectivity index (χ0v) is 14.2. The number of nitrogens with zero attached hydrogens (tertiary/aromatic N) is 2. The van der Waals surface area contributed by atoms with Crippen LogP contribution in [0.3, 0.4) is 0 Å². The molecule has 1 radical (unpaired) electrons. The summed E-state index contributed by atoms with van der Waals surface area (Å²) in [5, 5.41) is 9.46. The third-order valence-corrected chi connectivity index (χ3v) is 3.82. The Kier molecular flexibility index (Phi) is 5.70. The molecule has 4 nitrogen and oxygen atoms in total. The van der Waals surface area contributed by atoms with Crippen molar-refractivity contribution in [2.75, 3.05) is 6.61 Å². The van der Waals surface area contributed by atoms with Crippen molar-refractivity contribution in [1.82, 2.24) is 9.55 Å². The van der Waals surface area contributed by atoms with Gasteiger partial charge in [0.25, 0.3) is 0 Å². The van der Waals surface area contributed by atoms with Crippen LogP contribution in [0.1, 0.15) is 18.1 Å². The predicted octanol–water partition coefficient (Wildman–Crippen LogP) is 2.76. The molecule has 3 aromatic rings. The highest BCUT2D eigenvalue weighted by Crippen LogP contribution is 2.24. The number of aromatic nitrogens is 2. The van der Waals surface area contributed by atoms with Gasteiger partial charge in [-0.25, -0.2) is 0 Å². The Hall–Kier alpha value is -2.79. The van der Waals surface area contributed by atoms with Crippen molar-refractivity contribution in [1.29, 1.82) is 0 Å². The lowest BCUT2D eigenvalue weighted by molar-refractivity contribution is 0.213. The highest BCUT2D eigenvalue weighted by molar-refractivity contribution is 6.73. The van der Waals surface area contributed by atoms with Gasteiger partial charge in [0.1, 0.15) is 12.5 Å². The molecular formula is C20H20BN2O2. The maximum Gasteiger partial charge on any atom is 0.241 e. The number of aliphatic hydroxyl groups is 1. The minimum Gasteiger partial charge on any atom is -0.493 e. The van der Waals surface area contributed by atoms with Crippen molar-refractivity contribution < 1.29 is 9.84 Å². The maximum absolute atomic E-state index is 9.46. The molecule has 0 bridgehead atoms. The smallest absolute Gasteiger partial charge is 0.241 e. The number of hydrogen-bond donors (Lipinski definition) is 1. The Morgan fingerprint density at radius 1 is 1.16 bits per heavy atom. The summed E-state index contributed by atoms with van der Waals surface area (Å²) < 4.78 is 7.42. The molecule has 0 aliphatic rings. The molecule has 0 atom stereocenters. The van der Waals surface area contributed by atoms with Crippen LogP contribution in [0, 0.1) is 0 Å². The molecule has 1 heterocycles. The number of para-hydroxylation sites is 1. The van der Waals surface area contributed by atoms with Crippen LogP contribution in [0.25, 0.3) is 11.5 Å². The van der Waals surface area contributed by atoms with Crippen LogP contribution in [0.15, 0.2) is 67.0 Å². The van der Waals surface area contributed by atoms with E-state index in [-0.39, 0.29) is 6.73 Å². The molecule has 0 aliphatic heterocycles. The first-order chi connectivity index (χ1) is 12.3. The lowest BCUT2D eigenvalue weighted by Gasteiger charge is -2.11. The van der Waals surface area contributed by atoms with Gasteiger partial charge in [-0.05, 0) is 18.6 Å². The van der Waals surface area contributed by atoms with E-state index in [0.717, 1.165) is 22.3 Å². The van der Waals surface area contributed by atoms with Crippen LogP contribution in [-0.2, 0) is 6.73 Å². The number of aliphatic hydroxyl groups excluding tert-OH is 1. The molecule has 0 aliphatic carbocycles. The van der Waals surface area contributed by atoms with E-state index in [1.165, 1.54) is 0 Å². The van der Waals surface area contributed by atoms with Crippen molar-refractivity contribution in [2.45, 2.75) is 13.7 Å². The SMILES string of the molecule is CCOc1ccccc1C=C([B]c1nccn1CO)c1ccccc1. The summed E-state index contributed by atoms with van der Waals surface area (Å²) in [5.41, 5.74) is 3.77. The van der Waals surface area contributed by atoms with Gasteiger partial charge < -0.3 is 14.4 Å². The lowest BCUT2D eigenvalue weighted by Crippen LogP contribution is -2.27. The van der Waals surface area contributed by atoms with Crippen molar-refractivity contribution in [3.8, 4) is 5.75 Å². The molecule has 1 aromatic heterocycles. The molecule has 0 amide bonds. The van der Waals surface area contributed by atoms with Crippen LogP contribution >= 0.6 is 0 Å². The molecule has 2 aromatic carbocycles. The Morgan fingerprint density at radius 2 is 1.92 bits per heavy atom. The molecule has 0 spiro atoms. The first-order valence-electron chi connectivity index (χ1n) is 8.27. The number of rotatable bonds is 7. The van der Waals surface area contributed by atoms with Gasteiger partial charge in [-0.2, -0.15) is 0 Å². The van der Waals surface area contributed by atoms with E-state index in [0.29, 0.717) is 12.3 Å². The Bertz CT molecular complexity index is 844. The third-order valence-electron chi connectivity index (χ3n) is 3.82. The van der Waals surface area contributed by atoms with Gasteiger partial charge in [-0.15, -0.1) is 0 Å². The molecule has 0 fully saturated rings. The second-order valence-corrected chi connectivity index (χ2v) is 5.48. The minimum atomic E-state index is -0.108. The van der Waals surface area contributed by atoms with E-state index in [4.69, 9.17) is 4.74 Å². The second kappa shape index (κ2) is 8.35. The van der Waals surface area contributed by atoms with Crippen molar-refractivity contribution >= 4 is 24.6 Å². The van der Waals surface area contributed by atoms with Gasteiger partial charge in [0, 0.05) is 18.0 Å². The van der Waals surface area contributed by atoms with Gasteiger partial charge in [-0.1, -0.05) is 60.1 Å². The Labute approximate surface area is 148 Å². The molecular weight excluding hydrogens is 311 g/mol. The second-order valence-electron chi connectivity index (χ2n) is 5.48.